The lowest BCUT2D eigenvalue weighted by molar-refractivity contribution is -0.291. The lowest BCUT2D eigenvalue weighted by atomic mass is 10.0. The van der Waals surface area contributed by atoms with Gasteiger partial charge in [-0.1, -0.05) is 31.5 Å². The number of aryl methyl sites for hydroxylation is 1. The van der Waals surface area contributed by atoms with E-state index in [2.05, 4.69) is 20.9 Å². The number of halogens is 8. The number of carbonyl (C=O) groups is 1. The molecule has 8 nitrogen and oxygen atoms in total. The number of nitrogens with two attached hydrogens (primary N) is 1. The van der Waals surface area contributed by atoms with Crippen molar-refractivity contribution >= 4 is 35.1 Å². The molecule has 2 aromatic rings. The van der Waals surface area contributed by atoms with E-state index >= 15 is 0 Å². The van der Waals surface area contributed by atoms with Gasteiger partial charge in [0.2, 0.25) is 0 Å². The van der Waals surface area contributed by atoms with Gasteiger partial charge in [0.25, 0.3) is 5.91 Å². The van der Waals surface area contributed by atoms with E-state index < -0.39 is 47.4 Å². The number of nitrogens with zero attached hydrogens (tertiary/aromatic N) is 5. The van der Waals surface area contributed by atoms with Gasteiger partial charge in [-0.2, -0.15) is 41.1 Å². The number of rotatable bonds is 10. The first-order valence-electron chi connectivity index (χ1n) is 11.9. The van der Waals surface area contributed by atoms with Crippen LogP contribution in [0.5, 0.6) is 5.75 Å². The summed E-state index contributed by atoms with van der Waals surface area (Å²) in [6.07, 6.45) is -3.33. The monoisotopic (exact) mass is 608 g/mol. The Morgan fingerprint density at radius 1 is 1.32 bits per heavy atom. The fraction of sp³-hybridized carbons (Fsp3) is 0.440. The second kappa shape index (κ2) is 11.6. The van der Waals surface area contributed by atoms with Gasteiger partial charge < -0.3 is 15.4 Å². The average Bonchev–Trinajstić information content (AvgIpc) is 3.61. The summed E-state index contributed by atoms with van der Waals surface area (Å²) in [5.41, 5.74) is 2.82. The smallest absolute Gasteiger partial charge is 0.428 e. The highest BCUT2D eigenvalue weighted by Gasteiger charge is 2.62. The minimum absolute atomic E-state index is 0.000808. The second-order valence-corrected chi connectivity index (χ2v) is 10.0. The predicted octanol–water partition coefficient (Wildman–Crippen LogP) is 6.19. The SMILES string of the molecule is CC(C)CN(C(=O)c1cc(C(C=Nc2c(OC(F)F)c(C(F)(F)C(F)(F)F)nn2C)=CN)ccc1Cl)C1(C#N)CC1. The number of aliphatic imine (C=N–C) groups is 1. The summed E-state index contributed by atoms with van der Waals surface area (Å²) < 4.78 is 97.3. The third-order valence-corrected chi connectivity index (χ3v) is 6.44. The van der Waals surface area contributed by atoms with Crippen LogP contribution in [0.3, 0.4) is 0 Å². The van der Waals surface area contributed by atoms with Crippen molar-refractivity contribution in [3.8, 4) is 11.8 Å². The molecule has 1 aliphatic carbocycles. The van der Waals surface area contributed by atoms with Crippen LogP contribution >= 0.6 is 11.6 Å². The van der Waals surface area contributed by atoms with E-state index in [1.165, 1.54) is 23.1 Å². The van der Waals surface area contributed by atoms with Crippen LogP contribution in [0.1, 0.15) is 48.3 Å². The van der Waals surface area contributed by atoms with Crippen LogP contribution in [0.25, 0.3) is 5.57 Å². The Morgan fingerprint density at radius 2 is 1.95 bits per heavy atom. The minimum atomic E-state index is -6.16. The molecule has 0 atom stereocenters. The van der Waals surface area contributed by atoms with Crippen LogP contribution in [-0.2, 0) is 13.0 Å². The number of hydrogen-bond donors (Lipinski definition) is 1. The summed E-state index contributed by atoms with van der Waals surface area (Å²) in [6.45, 7) is 0.240. The number of amides is 1. The molecule has 1 fully saturated rings. The molecule has 1 aliphatic rings. The van der Waals surface area contributed by atoms with Gasteiger partial charge >= 0.3 is 18.7 Å². The molecule has 1 heterocycles. The van der Waals surface area contributed by atoms with Crippen LogP contribution in [0, 0.1) is 17.2 Å². The third-order valence-electron chi connectivity index (χ3n) is 6.11. The number of nitriles is 1. The van der Waals surface area contributed by atoms with Gasteiger partial charge in [0.1, 0.15) is 5.54 Å². The minimum Gasteiger partial charge on any atom is -0.428 e. The molecule has 0 unspecified atom stereocenters. The molecule has 1 aromatic carbocycles. The maximum atomic E-state index is 14.0. The highest BCUT2D eigenvalue weighted by Crippen LogP contribution is 2.49. The van der Waals surface area contributed by atoms with Crippen LogP contribution in [-0.4, -0.2) is 51.7 Å². The van der Waals surface area contributed by atoms with Gasteiger partial charge in [0.15, 0.2) is 17.3 Å². The number of hydrogen-bond acceptors (Lipinski definition) is 6. The fourth-order valence-electron chi connectivity index (χ4n) is 3.91. The van der Waals surface area contributed by atoms with Gasteiger partial charge in [-0.05, 0) is 36.5 Å². The Hall–Kier alpha value is -3.80. The third kappa shape index (κ3) is 6.42. The predicted molar refractivity (Wildman–Crippen MR) is 135 cm³/mol. The molecule has 1 aromatic heterocycles. The van der Waals surface area contributed by atoms with Crippen molar-refractivity contribution < 1.29 is 40.3 Å². The number of alkyl halides is 7. The first kappa shape index (κ1) is 31.7. The number of allylic oxidation sites excluding steroid dienone is 1. The topological polar surface area (TPSA) is 110 Å². The van der Waals surface area contributed by atoms with E-state index in [1.54, 1.807) is 0 Å². The standard InChI is InChI=1S/C25H24ClF7N6O2/c1-13(2)11-39(23(12-35)6-7-23)21(40)16-8-14(4-5-17(16)26)15(9-34)10-36-20-18(41-22(27)28)19(37-38(20)3)24(29,30)25(31,32)33/h4-5,8-10,13,22H,6-7,11,34H2,1-3H3. The van der Waals surface area contributed by atoms with Crippen molar-refractivity contribution in [2.75, 3.05) is 6.54 Å². The van der Waals surface area contributed by atoms with Crippen LogP contribution < -0.4 is 10.5 Å². The molecular formula is C25H24ClF7N6O2. The zero-order chi connectivity index (χ0) is 30.9. The summed E-state index contributed by atoms with van der Waals surface area (Å²) >= 11 is 6.30. The molecule has 1 saturated carbocycles. The Kier molecular flexibility index (Phi) is 8.97. The number of aromatic nitrogens is 2. The highest BCUT2D eigenvalue weighted by atomic mass is 35.5. The van der Waals surface area contributed by atoms with Gasteiger partial charge in [0, 0.05) is 31.6 Å². The summed E-state index contributed by atoms with van der Waals surface area (Å²) in [7, 11) is 0.901. The Balaban J connectivity index is 2.04. The fourth-order valence-corrected chi connectivity index (χ4v) is 4.11. The summed E-state index contributed by atoms with van der Waals surface area (Å²) in [5, 5.41) is 12.8. The molecule has 16 heteroatoms. The molecule has 222 valence electrons. The van der Waals surface area contributed by atoms with Gasteiger partial charge in [-0.15, -0.1) is 0 Å². The first-order valence-corrected chi connectivity index (χ1v) is 12.3. The van der Waals surface area contributed by atoms with Crippen molar-refractivity contribution in [3.63, 3.8) is 0 Å². The van der Waals surface area contributed by atoms with E-state index in [1.807, 2.05) is 13.8 Å². The van der Waals surface area contributed by atoms with E-state index in [0.717, 1.165) is 19.5 Å². The molecule has 0 spiro atoms. The van der Waals surface area contributed by atoms with Crippen molar-refractivity contribution in [3.05, 3.63) is 46.2 Å². The van der Waals surface area contributed by atoms with Crippen LogP contribution in [0.4, 0.5) is 36.6 Å². The molecular weight excluding hydrogens is 585 g/mol. The average molecular weight is 609 g/mol. The molecule has 2 N–H and O–H groups in total. The van der Waals surface area contributed by atoms with Gasteiger partial charge in [-0.3, -0.25) is 4.79 Å². The summed E-state index contributed by atoms with van der Waals surface area (Å²) in [6, 6.07) is 6.28. The first-order chi connectivity index (χ1) is 19.0. The zero-order valence-electron chi connectivity index (χ0n) is 21.8. The van der Waals surface area contributed by atoms with Crippen molar-refractivity contribution in [1.82, 2.24) is 14.7 Å². The number of carbonyl (C=O) groups excluding carboxylic acids is 1. The van der Waals surface area contributed by atoms with Crippen LogP contribution in [0.15, 0.2) is 29.4 Å². The van der Waals surface area contributed by atoms with Crippen molar-refractivity contribution in [2.45, 2.75) is 50.9 Å². The molecule has 0 bridgehead atoms. The zero-order valence-corrected chi connectivity index (χ0v) is 22.6. The quantitative estimate of drug-likeness (QED) is 0.256. The normalized spacial score (nSPS) is 15.5. The van der Waals surface area contributed by atoms with E-state index in [0.29, 0.717) is 17.5 Å². The number of benzene rings is 1. The number of ether oxygens (including phenoxy) is 1. The van der Waals surface area contributed by atoms with Crippen molar-refractivity contribution in [2.24, 2.45) is 23.7 Å². The van der Waals surface area contributed by atoms with Gasteiger partial charge in [-0.25, -0.2) is 9.67 Å². The van der Waals surface area contributed by atoms with Gasteiger partial charge in [0.05, 0.1) is 16.7 Å². The molecule has 1 amide bonds. The maximum Gasteiger partial charge on any atom is 0.459 e. The lowest BCUT2D eigenvalue weighted by Crippen LogP contribution is -2.43. The molecule has 0 radical (unpaired) electrons. The molecule has 41 heavy (non-hydrogen) atoms. The molecule has 0 aliphatic heterocycles. The van der Waals surface area contributed by atoms with E-state index in [4.69, 9.17) is 17.3 Å². The lowest BCUT2D eigenvalue weighted by Gasteiger charge is -2.29. The molecule has 3 rings (SSSR count). The maximum absolute atomic E-state index is 14.0. The summed E-state index contributed by atoms with van der Waals surface area (Å²) in [4.78, 5) is 18.7. The Bertz CT molecular complexity index is 1410. The summed E-state index contributed by atoms with van der Waals surface area (Å²) in [5.74, 6) is -8.61. The largest absolute Gasteiger partial charge is 0.459 e. The Morgan fingerprint density at radius 3 is 2.44 bits per heavy atom. The molecule has 0 saturated heterocycles. The Labute approximate surface area is 234 Å². The second-order valence-electron chi connectivity index (χ2n) is 9.60. The van der Waals surface area contributed by atoms with Crippen molar-refractivity contribution in [1.29, 1.82) is 5.26 Å². The van der Waals surface area contributed by atoms with E-state index in [-0.39, 0.29) is 34.2 Å². The van der Waals surface area contributed by atoms with E-state index in [9.17, 15) is 40.8 Å². The van der Waals surface area contributed by atoms with Crippen LogP contribution in [0.2, 0.25) is 5.02 Å². The highest BCUT2D eigenvalue weighted by molar-refractivity contribution is 6.34.